The highest BCUT2D eigenvalue weighted by molar-refractivity contribution is 7.18. The lowest BCUT2D eigenvalue weighted by molar-refractivity contribution is 0.0242. The van der Waals surface area contributed by atoms with Crippen LogP contribution in [0.3, 0.4) is 0 Å². The largest absolute Gasteiger partial charge is 0.389 e. The van der Waals surface area contributed by atoms with Crippen LogP contribution < -0.4 is 0 Å². The first kappa shape index (κ1) is 14.0. The molecule has 20 heavy (non-hydrogen) atoms. The van der Waals surface area contributed by atoms with Crippen molar-refractivity contribution in [2.45, 2.75) is 57.5 Å². The van der Waals surface area contributed by atoms with Gasteiger partial charge in [0.1, 0.15) is 0 Å². The smallest absolute Gasteiger partial charge is 0.0967 e. The van der Waals surface area contributed by atoms with Gasteiger partial charge in [0.2, 0.25) is 0 Å². The number of nitrogens with zero attached hydrogens (tertiary/aromatic N) is 1. The third-order valence-electron chi connectivity index (χ3n) is 4.67. The van der Waals surface area contributed by atoms with Crippen molar-refractivity contribution >= 4 is 21.6 Å². The number of fused-ring (bicyclic) bond motifs is 1. The van der Waals surface area contributed by atoms with E-state index in [-0.39, 0.29) is 0 Å². The molecule has 1 aromatic carbocycles. The van der Waals surface area contributed by atoms with E-state index in [9.17, 15) is 5.11 Å². The average molecular weight is 289 g/mol. The Morgan fingerprint density at radius 3 is 2.95 bits per heavy atom. The Labute approximate surface area is 124 Å². The molecule has 0 spiro atoms. The number of benzene rings is 1. The Bertz CT molecular complexity index is 546. The molecule has 0 bridgehead atoms. The first-order valence-corrected chi connectivity index (χ1v) is 8.57. The zero-order valence-electron chi connectivity index (χ0n) is 12.1. The van der Waals surface area contributed by atoms with Gasteiger partial charge in [-0.15, -0.1) is 11.3 Å². The van der Waals surface area contributed by atoms with Gasteiger partial charge in [-0.25, -0.2) is 4.98 Å². The molecule has 1 saturated carbocycles. The zero-order chi connectivity index (χ0) is 14.0. The van der Waals surface area contributed by atoms with Gasteiger partial charge in [0.05, 0.1) is 20.8 Å². The highest BCUT2D eigenvalue weighted by Crippen LogP contribution is 2.35. The van der Waals surface area contributed by atoms with Gasteiger partial charge < -0.3 is 5.11 Å². The Morgan fingerprint density at radius 2 is 2.15 bits per heavy atom. The van der Waals surface area contributed by atoms with Crippen molar-refractivity contribution in [1.29, 1.82) is 0 Å². The third kappa shape index (κ3) is 3.04. The minimum atomic E-state index is -0.530. The monoisotopic (exact) mass is 289 g/mol. The molecule has 1 aliphatic carbocycles. The van der Waals surface area contributed by atoms with Gasteiger partial charge in [-0.05, 0) is 37.3 Å². The molecular weight excluding hydrogens is 266 g/mol. The second-order valence-corrected chi connectivity index (χ2v) is 7.30. The summed E-state index contributed by atoms with van der Waals surface area (Å²) in [6, 6.07) is 8.24. The fourth-order valence-corrected chi connectivity index (χ4v) is 4.43. The van der Waals surface area contributed by atoms with Crippen LogP contribution in [-0.2, 0) is 6.42 Å². The van der Waals surface area contributed by atoms with Crippen LogP contribution in [0.15, 0.2) is 24.3 Å². The molecule has 2 aromatic rings. The number of rotatable bonds is 3. The Hall–Kier alpha value is -0.930. The van der Waals surface area contributed by atoms with Crippen LogP contribution in [0.2, 0.25) is 0 Å². The maximum Gasteiger partial charge on any atom is 0.0967 e. The summed E-state index contributed by atoms with van der Waals surface area (Å²) in [5, 5.41) is 12.0. The molecule has 0 aliphatic heterocycles. The van der Waals surface area contributed by atoms with Crippen LogP contribution in [0.25, 0.3) is 10.2 Å². The van der Waals surface area contributed by atoms with Crippen molar-refractivity contribution in [2.75, 3.05) is 0 Å². The molecule has 3 rings (SSSR count). The highest BCUT2D eigenvalue weighted by atomic mass is 32.1. The molecule has 3 heteroatoms. The summed E-state index contributed by atoms with van der Waals surface area (Å²) in [6.07, 6.45) is 7.43. The van der Waals surface area contributed by atoms with E-state index in [2.05, 4.69) is 30.1 Å². The highest BCUT2D eigenvalue weighted by Gasteiger charge is 2.31. The number of thiazole rings is 1. The van der Waals surface area contributed by atoms with E-state index in [0.717, 1.165) is 48.5 Å². The van der Waals surface area contributed by atoms with Crippen LogP contribution in [0, 0.1) is 5.92 Å². The van der Waals surface area contributed by atoms with Crippen LogP contribution in [-0.4, -0.2) is 15.7 Å². The standard InChI is InChI=1S/C17H23NOS/c1-2-13-6-5-10-17(19,11-9-13)12-16-18-14-7-3-4-8-15(14)20-16/h3-4,7-8,13,19H,2,5-6,9-12H2,1H3. The van der Waals surface area contributed by atoms with E-state index < -0.39 is 5.60 Å². The zero-order valence-corrected chi connectivity index (χ0v) is 13.0. The summed E-state index contributed by atoms with van der Waals surface area (Å²) in [5.74, 6) is 0.805. The van der Waals surface area contributed by atoms with Gasteiger partial charge in [0.25, 0.3) is 0 Å². The molecule has 0 saturated heterocycles. The average Bonchev–Trinajstić information content (AvgIpc) is 2.74. The molecule has 1 aromatic heterocycles. The van der Waals surface area contributed by atoms with E-state index in [1.54, 1.807) is 11.3 Å². The van der Waals surface area contributed by atoms with E-state index in [1.807, 2.05) is 6.07 Å². The van der Waals surface area contributed by atoms with Crippen molar-refractivity contribution in [3.63, 3.8) is 0 Å². The van der Waals surface area contributed by atoms with Gasteiger partial charge in [-0.1, -0.05) is 38.3 Å². The SMILES string of the molecule is CCC1CCCC(O)(Cc2nc3ccccc3s2)CC1. The van der Waals surface area contributed by atoms with Crippen molar-refractivity contribution < 1.29 is 5.11 Å². The fraction of sp³-hybridized carbons (Fsp3) is 0.588. The lowest BCUT2D eigenvalue weighted by atomic mass is 9.90. The molecule has 1 N–H and O–H groups in total. The maximum absolute atomic E-state index is 10.9. The lowest BCUT2D eigenvalue weighted by Crippen LogP contribution is -2.30. The molecule has 2 atom stereocenters. The molecule has 0 radical (unpaired) electrons. The topological polar surface area (TPSA) is 33.1 Å². The van der Waals surface area contributed by atoms with Gasteiger partial charge in [-0.3, -0.25) is 0 Å². The molecule has 1 heterocycles. The molecule has 2 nitrogen and oxygen atoms in total. The second kappa shape index (κ2) is 5.82. The number of hydrogen-bond acceptors (Lipinski definition) is 3. The molecule has 2 unspecified atom stereocenters. The fourth-order valence-electron chi connectivity index (χ4n) is 3.32. The minimum absolute atomic E-state index is 0.530. The quantitative estimate of drug-likeness (QED) is 0.840. The van der Waals surface area contributed by atoms with Gasteiger partial charge in [0.15, 0.2) is 0 Å². The predicted molar refractivity (Wildman–Crippen MR) is 85.1 cm³/mol. The normalized spacial score (nSPS) is 27.6. The van der Waals surface area contributed by atoms with Crippen molar-refractivity contribution in [3.05, 3.63) is 29.3 Å². The second-order valence-electron chi connectivity index (χ2n) is 6.18. The minimum Gasteiger partial charge on any atom is -0.389 e. The van der Waals surface area contributed by atoms with Crippen molar-refractivity contribution in [3.8, 4) is 0 Å². The Kier molecular flexibility index (Phi) is 4.08. The number of aromatic nitrogens is 1. The van der Waals surface area contributed by atoms with Gasteiger partial charge in [-0.2, -0.15) is 0 Å². The molecule has 108 valence electrons. The summed E-state index contributed by atoms with van der Waals surface area (Å²) in [5.41, 5.74) is 0.536. The van der Waals surface area contributed by atoms with E-state index in [1.165, 1.54) is 17.5 Å². The van der Waals surface area contributed by atoms with Crippen molar-refractivity contribution in [1.82, 2.24) is 4.98 Å². The summed E-state index contributed by atoms with van der Waals surface area (Å²) in [7, 11) is 0. The Balaban J connectivity index is 1.75. The number of hydrogen-bond donors (Lipinski definition) is 1. The predicted octanol–water partition coefficient (Wildman–Crippen LogP) is 4.56. The maximum atomic E-state index is 10.9. The summed E-state index contributed by atoms with van der Waals surface area (Å²) in [6.45, 7) is 2.27. The summed E-state index contributed by atoms with van der Waals surface area (Å²) >= 11 is 1.73. The number of aliphatic hydroxyl groups is 1. The lowest BCUT2D eigenvalue weighted by Gasteiger charge is -2.25. The first-order chi connectivity index (χ1) is 9.68. The molecule has 1 aliphatic rings. The van der Waals surface area contributed by atoms with Crippen LogP contribution in [0.1, 0.15) is 50.5 Å². The van der Waals surface area contributed by atoms with Crippen LogP contribution in [0.5, 0.6) is 0 Å². The third-order valence-corrected chi connectivity index (χ3v) is 5.70. The van der Waals surface area contributed by atoms with Crippen LogP contribution in [0.4, 0.5) is 0 Å². The van der Waals surface area contributed by atoms with E-state index >= 15 is 0 Å². The summed E-state index contributed by atoms with van der Waals surface area (Å²) < 4.78 is 1.23. The van der Waals surface area contributed by atoms with E-state index in [4.69, 9.17) is 0 Å². The molecular formula is C17H23NOS. The van der Waals surface area contributed by atoms with Gasteiger partial charge in [0, 0.05) is 6.42 Å². The number of para-hydroxylation sites is 1. The molecule has 1 fully saturated rings. The van der Waals surface area contributed by atoms with Crippen LogP contribution >= 0.6 is 11.3 Å². The Morgan fingerprint density at radius 1 is 1.30 bits per heavy atom. The van der Waals surface area contributed by atoms with E-state index in [0.29, 0.717) is 0 Å². The first-order valence-electron chi connectivity index (χ1n) is 7.75. The summed E-state index contributed by atoms with van der Waals surface area (Å²) in [4.78, 5) is 4.68. The molecule has 0 amide bonds. The van der Waals surface area contributed by atoms with Crippen molar-refractivity contribution in [2.24, 2.45) is 5.92 Å². The van der Waals surface area contributed by atoms with Gasteiger partial charge >= 0.3 is 0 Å².